The topological polar surface area (TPSA) is 39.9 Å². The molecule has 1 aromatic carbocycles. The lowest BCUT2D eigenvalue weighted by Gasteiger charge is -2.07. The number of nitrogens with zero attached hydrogens (tertiary/aromatic N) is 3. The lowest BCUT2D eigenvalue weighted by molar-refractivity contribution is 0.118. The number of para-hydroxylation sites is 1. The first-order valence-electron chi connectivity index (χ1n) is 4.87. The third-order valence-electron chi connectivity index (χ3n) is 1.96. The Hall–Kier alpha value is -1.21. The predicted molar refractivity (Wildman–Crippen MR) is 65.3 cm³/mol. The largest absolute Gasteiger partial charge is 0.423 e. The van der Waals surface area contributed by atoms with Crippen molar-refractivity contribution < 1.29 is 13.5 Å². The second kappa shape index (κ2) is 5.62. The molecular weight excluding hydrogens is 331 g/mol. The van der Waals surface area contributed by atoms with Gasteiger partial charge in [-0.15, -0.1) is 5.10 Å². The number of hydrogen-bond donors (Lipinski definition) is 0. The van der Waals surface area contributed by atoms with Crippen LogP contribution >= 0.6 is 27.5 Å². The van der Waals surface area contributed by atoms with Crippen LogP contribution in [0.4, 0.5) is 8.78 Å². The molecule has 1 heterocycles. The number of halogens is 4. The van der Waals surface area contributed by atoms with Crippen LogP contribution in [0.5, 0.6) is 11.8 Å². The number of hydrogen-bond acceptors (Lipinski definition) is 3. The summed E-state index contributed by atoms with van der Waals surface area (Å²) < 4.78 is 31.2. The Morgan fingerprint density at radius 2 is 2.11 bits per heavy atom. The molecule has 0 radical (unpaired) electrons. The quantitative estimate of drug-likeness (QED) is 0.852. The first kappa shape index (κ1) is 13.2. The van der Waals surface area contributed by atoms with Crippen molar-refractivity contribution in [1.29, 1.82) is 0 Å². The maximum absolute atomic E-state index is 12.3. The third-order valence-corrected chi connectivity index (χ3v) is 2.61. The van der Waals surface area contributed by atoms with Crippen molar-refractivity contribution in [1.82, 2.24) is 14.8 Å². The van der Waals surface area contributed by atoms with Gasteiger partial charge >= 0.3 is 6.01 Å². The lowest BCUT2D eigenvalue weighted by Crippen LogP contribution is -2.09. The molecule has 0 amide bonds. The van der Waals surface area contributed by atoms with Crippen molar-refractivity contribution in [3.8, 4) is 11.8 Å². The molecule has 0 aliphatic carbocycles. The van der Waals surface area contributed by atoms with Gasteiger partial charge in [-0.05, 0) is 28.1 Å². The summed E-state index contributed by atoms with van der Waals surface area (Å²) in [5.74, 6) is 0.328. The van der Waals surface area contributed by atoms with Crippen molar-refractivity contribution in [3.63, 3.8) is 0 Å². The maximum atomic E-state index is 12.3. The Morgan fingerprint density at radius 3 is 2.78 bits per heavy atom. The van der Waals surface area contributed by atoms with Crippen molar-refractivity contribution in [3.05, 3.63) is 34.0 Å². The molecule has 0 saturated carbocycles. The molecule has 0 atom stereocenters. The highest BCUT2D eigenvalue weighted by molar-refractivity contribution is 9.10. The Bertz CT molecular complexity index is 550. The van der Waals surface area contributed by atoms with Crippen molar-refractivity contribution in [2.24, 2.45) is 0 Å². The minimum Gasteiger partial charge on any atom is -0.423 e. The second-order valence-electron chi connectivity index (χ2n) is 3.27. The standard InChI is InChI=1S/C10H7BrClF2N3O/c11-9-15-10(17(16-9)5-8(13)14)18-7-4-2-1-3-6(7)12/h1-4,8H,5H2. The smallest absolute Gasteiger partial charge is 0.321 e. The summed E-state index contributed by atoms with van der Waals surface area (Å²) in [6, 6.07) is 6.63. The second-order valence-corrected chi connectivity index (χ2v) is 4.39. The van der Waals surface area contributed by atoms with Gasteiger partial charge in [0.2, 0.25) is 4.73 Å². The highest BCUT2D eigenvalue weighted by atomic mass is 79.9. The van der Waals surface area contributed by atoms with E-state index < -0.39 is 13.0 Å². The molecule has 0 N–H and O–H groups in total. The lowest BCUT2D eigenvalue weighted by atomic mass is 10.3. The predicted octanol–water partition coefficient (Wildman–Crippen LogP) is 3.75. The SMILES string of the molecule is FC(F)Cn1nc(Br)nc1Oc1ccccc1Cl. The molecule has 1 aromatic heterocycles. The van der Waals surface area contributed by atoms with E-state index in [0.717, 1.165) is 4.68 Å². The van der Waals surface area contributed by atoms with Crippen molar-refractivity contribution in [2.45, 2.75) is 13.0 Å². The van der Waals surface area contributed by atoms with Crippen LogP contribution in [0.15, 0.2) is 29.0 Å². The fourth-order valence-electron chi connectivity index (χ4n) is 1.25. The van der Waals surface area contributed by atoms with Crippen LogP contribution in [0.25, 0.3) is 0 Å². The molecule has 0 unspecified atom stereocenters. The maximum Gasteiger partial charge on any atom is 0.321 e. The van der Waals surface area contributed by atoms with Crippen LogP contribution in [0.2, 0.25) is 5.02 Å². The van der Waals surface area contributed by atoms with E-state index in [1.54, 1.807) is 24.3 Å². The van der Waals surface area contributed by atoms with Gasteiger partial charge in [0.05, 0.1) is 5.02 Å². The Kier molecular flexibility index (Phi) is 4.13. The number of benzene rings is 1. The molecule has 0 saturated heterocycles. The molecule has 2 rings (SSSR count). The zero-order valence-corrected chi connectivity index (χ0v) is 11.2. The van der Waals surface area contributed by atoms with Gasteiger partial charge in [0.15, 0.2) is 0 Å². The van der Waals surface area contributed by atoms with E-state index in [1.165, 1.54) is 0 Å². The van der Waals surface area contributed by atoms with Crippen LogP contribution in [0.1, 0.15) is 0 Å². The Labute approximate surface area is 115 Å². The van der Waals surface area contributed by atoms with E-state index in [-0.39, 0.29) is 10.7 Å². The number of alkyl halides is 2. The fraction of sp³-hybridized carbons (Fsp3) is 0.200. The summed E-state index contributed by atoms with van der Waals surface area (Å²) in [4.78, 5) is 3.85. The molecular formula is C10H7BrClF2N3O. The minimum atomic E-state index is -2.55. The minimum absolute atomic E-state index is 0.0460. The van der Waals surface area contributed by atoms with Gasteiger partial charge in [0.1, 0.15) is 12.3 Å². The summed E-state index contributed by atoms with van der Waals surface area (Å²) in [5.41, 5.74) is 0. The molecule has 2 aromatic rings. The molecule has 8 heteroatoms. The Morgan fingerprint density at radius 1 is 1.39 bits per heavy atom. The molecule has 0 aliphatic heterocycles. The normalized spacial score (nSPS) is 10.9. The fourth-order valence-corrected chi connectivity index (χ4v) is 1.77. The average Bonchev–Trinajstić information content (AvgIpc) is 2.61. The van der Waals surface area contributed by atoms with Gasteiger partial charge in [-0.2, -0.15) is 4.98 Å². The summed E-state index contributed by atoms with van der Waals surface area (Å²) in [5, 5.41) is 4.11. The van der Waals surface area contributed by atoms with Gasteiger partial charge in [0, 0.05) is 0 Å². The molecule has 0 aliphatic rings. The van der Waals surface area contributed by atoms with Crippen LogP contribution in [-0.2, 0) is 6.54 Å². The van der Waals surface area contributed by atoms with E-state index in [4.69, 9.17) is 16.3 Å². The van der Waals surface area contributed by atoms with E-state index >= 15 is 0 Å². The first-order valence-corrected chi connectivity index (χ1v) is 6.04. The van der Waals surface area contributed by atoms with Gasteiger partial charge in [-0.25, -0.2) is 13.5 Å². The van der Waals surface area contributed by atoms with E-state index in [0.29, 0.717) is 10.8 Å². The summed E-state index contributed by atoms with van der Waals surface area (Å²) in [6.45, 7) is -0.599. The molecule has 18 heavy (non-hydrogen) atoms. The number of rotatable bonds is 4. The van der Waals surface area contributed by atoms with Crippen LogP contribution in [-0.4, -0.2) is 21.2 Å². The van der Waals surface area contributed by atoms with Gasteiger partial charge in [-0.3, -0.25) is 0 Å². The third kappa shape index (κ3) is 3.17. The molecule has 96 valence electrons. The number of ether oxygens (including phenoxy) is 1. The molecule has 0 spiro atoms. The zero-order chi connectivity index (χ0) is 13.1. The van der Waals surface area contributed by atoms with Crippen LogP contribution in [0.3, 0.4) is 0 Å². The average molecular weight is 339 g/mol. The molecule has 4 nitrogen and oxygen atoms in total. The molecule has 0 bridgehead atoms. The van der Waals surface area contributed by atoms with Gasteiger partial charge < -0.3 is 4.74 Å². The van der Waals surface area contributed by atoms with Gasteiger partial charge in [0.25, 0.3) is 6.43 Å². The monoisotopic (exact) mass is 337 g/mol. The van der Waals surface area contributed by atoms with Crippen LogP contribution in [0, 0.1) is 0 Å². The van der Waals surface area contributed by atoms with Gasteiger partial charge in [-0.1, -0.05) is 23.7 Å². The molecule has 0 fully saturated rings. The number of aromatic nitrogens is 3. The van der Waals surface area contributed by atoms with E-state index in [2.05, 4.69) is 26.0 Å². The Balaban J connectivity index is 2.26. The summed E-state index contributed by atoms with van der Waals surface area (Å²) in [6.07, 6.45) is -2.55. The van der Waals surface area contributed by atoms with Crippen molar-refractivity contribution in [2.75, 3.05) is 0 Å². The first-order chi connectivity index (χ1) is 8.56. The zero-order valence-electron chi connectivity index (χ0n) is 8.86. The van der Waals surface area contributed by atoms with Crippen molar-refractivity contribution >= 4 is 27.5 Å². The summed E-state index contributed by atoms with van der Waals surface area (Å²) in [7, 11) is 0. The summed E-state index contributed by atoms with van der Waals surface area (Å²) >= 11 is 8.90. The van der Waals surface area contributed by atoms with E-state index in [1.807, 2.05) is 0 Å². The highest BCUT2D eigenvalue weighted by Crippen LogP contribution is 2.28. The van der Waals surface area contributed by atoms with Crippen LogP contribution < -0.4 is 4.74 Å². The highest BCUT2D eigenvalue weighted by Gasteiger charge is 2.15. The van der Waals surface area contributed by atoms with E-state index in [9.17, 15) is 8.78 Å².